The molecule has 0 spiro atoms. The fourth-order valence-electron chi connectivity index (χ4n) is 1.75. The van der Waals surface area contributed by atoms with Crippen LogP contribution in [-0.4, -0.2) is 40.8 Å². The molecule has 0 radical (unpaired) electrons. The molecule has 0 aromatic heterocycles. The number of esters is 2. The normalized spacial score (nSPS) is 12.9. The van der Waals surface area contributed by atoms with Gasteiger partial charge in [-0.25, -0.2) is 4.79 Å². The van der Waals surface area contributed by atoms with Gasteiger partial charge >= 0.3 is 11.9 Å². The molecule has 1 aromatic carbocycles. The van der Waals surface area contributed by atoms with E-state index in [1.165, 1.54) is 31.2 Å². The third kappa shape index (κ3) is 7.88. The summed E-state index contributed by atoms with van der Waals surface area (Å²) in [7, 11) is 0. The Morgan fingerprint density at radius 3 is 2.26 bits per heavy atom. The van der Waals surface area contributed by atoms with Crippen molar-refractivity contribution in [3.63, 3.8) is 0 Å². The second-order valence-corrected chi connectivity index (χ2v) is 7.09. The number of carbonyl (C=O) groups is 2. The minimum absolute atomic E-state index is 0.0143. The lowest BCUT2D eigenvalue weighted by atomic mass is 9.97. The van der Waals surface area contributed by atoms with E-state index in [4.69, 9.17) is 9.47 Å². The van der Waals surface area contributed by atoms with Crippen LogP contribution in [0.4, 0.5) is 5.69 Å². The Balaban J connectivity index is 2.46. The number of hydrogen-bond donors (Lipinski definition) is 1. The first kappa shape index (κ1) is 22.1. The van der Waals surface area contributed by atoms with Crippen molar-refractivity contribution in [3.8, 4) is 11.8 Å². The standard InChI is InChI=1S/C19H23NO7/c1-18(2,3)17(22)27-13-11-19(4,23)10-5-12-26-16(21)14-6-8-15(9-7-14)20(24)25/h6-9,23H,11-13H2,1-4H3/t19-/m1/s1. The molecule has 0 unspecified atom stereocenters. The van der Waals surface area contributed by atoms with Crippen LogP contribution in [0.2, 0.25) is 0 Å². The summed E-state index contributed by atoms with van der Waals surface area (Å²) in [6, 6.07) is 4.97. The van der Waals surface area contributed by atoms with Crippen LogP contribution < -0.4 is 0 Å². The molecule has 27 heavy (non-hydrogen) atoms. The van der Waals surface area contributed by atoms with Gasteiger partial charge in [0.1, 0.15) is 5.60 Å². The summed E-state index contributed by atoms with van der Waals surface area (Å²) >= 11 is 0. The minimum Gasteiger partial charge on any atom is -0.465 e. The van der Waals surface area contributed by atoms with E-state index in [9.17, 15) is 24.8 Å². The van der Waals surface area contributed by atoms with Crippen molar-refractivity contribution in [1.29, 1.82) is 0 Å². The zero-order chi connectivity index (χ0) is 20.7. The van der Waals surface area contributed by atoms with Gasteiger partial charge in [-0.3, -0.25) is 14.9 Å². The topological polar surface area (TPSA) is 116 Å². The Morgan fingerprint density at radius 2 is 1.74 bits per heavy atom. The van der Waals surface area contributed by atoms with Crippen molar-refractivity contribution in [1.82, 2.24) is 0 Å². The van der Waals surface area contributed by atoms with Gasteiger partial charge in [0.2, 0.25) is 0 Å². The summed E-state index contributed by atoms with van der Waals surface area (Å²) in [6.07, 6.45) is 0.109. The van der Waals surface area contributed by atoms with E-state index in [2.05, 4.69) is 11.8 Å². The Hall–Kier alpha value is -2.92. The molecule has 0 aliphatic heterocycles. The molecule has 1 rings (SSSR count). The van der Waals surface area contributed by atoms with Crippen LogP contribution in [0.3, 0.4) is 0 Å². The summed E-state index contributed by atoms with van der Waals surface area (Å²) in [4.78, 5) is 33.5. The van der Waals surface area contributed by atoms with Crippen LogP contribution in [0.15, 0.2) is 24.3 Å². The van der Waals surface area contributed by atoms with Crippen molar-refractivity contribution >= 4 is 17.6 Å². The summed E-state index contributed by atoms with van der Waals surface area (Å²) in [5, 5.41) is 20.7. The van der Waals surface area contributed by atoms with Crippen LogP contribution in [-0.2, 0) is 14.3 Å². The largest absolute Gasteiger partial charge is 0.465 e. The van der Waals surface area contributed by atoms with E-state index in [1.54, 1.807) is 20.8 Å². The van der Waals surface area contributed by atoms with Gasteiger partial charge in [0.05, 0.1) is 22.5 Å². The number of nitro groups is 1. The molecule has 8 nitrogen and oxygen atoms in total. The van der Waals surface area contributed by atoms with Crippen molar-refractivity contribution in [2.75, 3.05) is 13.2 Å². The molecule has 0 heterocycles. The Kier molecular flexibility index (Phi) is 7.49. The minimum atomic E-state index is -1.40. The van der Waals surface area contributed by atoms with E-state index < -0.39 is 21.9 Å². The smallest absolute Gasteiger partial charge is 0.339 e. The maximum absolute atomic E-state index is 11.8. The number of rotatable bonds is 6. The summed E-state index contributed by atoms with van der Waals surface area (Å²) in [5.74, 6) is 4.03. The van der Waals surface area contributed by atoms with Crippen LogP contribution in [0.25, 0.3) is 0 Å². The SMILES string of the molecule is CC(C)(C)C(=O)OCC[C@](C)(O)C#CCOC(=O)c1ccc([N+](=O)[O-])cc1. The van der Waals surface area contributed by atoms with E-state index in [0.29, 0.717) is 0 Å². The molecular formula is C19H23NO7. The Bertz CT molecular complexity index is 749. The molecule has 0 saturated carbocycles. The summed E-state index contributed by atoms with van der Waals surface area (Å²) in [5.41, 5.74) is -2.00. The van der Waals surface area contributed by atoms with Crippen molar-refractivity contribution in [3.05, 3.63) is 39.9 Å². The third-order valence-electron chi connectivity index (χ3n) is 3.38. The lowest BCUT2D eigenvalue weighted by Gasteiger charge is -2.20. The van der Waals surface area contributed by atoms with Crippen molar-refractivity contribution in [2.24, 2.45) is 5.41 Å². The molecule has 146 valence electrons. The second kappa shape index (κ2) is 9.14. The number of nitro benzene ring substituents is 1. The molecule has 1 N–H and O–H groups in total. The van der Waals surface area contributed by atoms with Crippen LogP contribution >= 0.6 is 0 Å². The average Bonchev–Trinajstić information content (AvgIpc) is 2.57. The van der Waals surface area contributed by atoms with Gasteiger partial charge < -0.3 is 14.6 Å². The van der Waals surface area contributed by atoms with Gasteiger partial charge in [-0.05, 0) is 39.8 Å². The molecule has 0 amide bonds. The fourth-order valence-corrected chi connectivity index (χ4v) is 1.75. The molecule has 0 fully saturated rings. The van der Waals surface area contributed by atoms with E-state index in [1.807, 2.05) is 0 Å². The van der Waals surface area contributed by atoms with Crippen molar-refractivity contribution in [2.45, 2.75) is 39.7 Å². The fraction of sp³-hybridized carbons (Fsp3) is 0.474. The lowest BCUT2D eigenvalue weighted by molar-refractivity contribution is -0.384. The zero-order valence-electron chi connectivity index (χ0n) is 15.8. The predicted molar refractivity (Wildman–Crippen MR) is 96.8 cm³/mol. The number of hydrogen-bond acceptors (Lipinski definition) is 7. The first-order chi connectivity index (χ1) is 12.4. The van der Waals surface area contributed by atoms with Gasteiger partial charge in [0, 0.05) is 18.6 Å². The summed E-state index contributed by atoms with van der Waals surface area (Å²) < 4.78 is 10.0. The first-order valence-corrected chi connectivity index (χ1v) is 8.23. The lowest BCUT2D eigenvalue weighted by Crippen LogP contribution is -2.28. The molecule has 1 aromatic rings. The number of carbonyl (C=O) groups excluding carboxylic acids is 2. The van der Waals surface area contributed by atoms with Gasteiger partial charge in [0.25, 0.3) is 5.69 Å². The third-order valence-corrected chi connectivity index (χ3v) is 3.38. The molecule has 8 heteroatoms. The molecule has 0 aliphatic carbocycles. The second-order valence-electron chi connectivity index (χ2n) is 7.09. The Morgan fingerprint density at radius 1 is 1.15 bits per heavy atom. The highest BCUT2D eigenvalue weighted by Crippen LogP contribution is 2.16. The number of ether oxygens (including phenoxy) is 2. The van der Waals surface area contributed by atoms with Crippen LogP contribution in [0, 0.1) is 27.4 Å². The summed E-state index contributed by atoms with van der Waals surface area (Å²) in [6.45, 7) is 6.41. The van der Waals surface area contributed by atoms with Crippen LogP contribution in [0.1, 0.15) is 44.5 Å². The predicted octanol–water partition coefficient (Wildman–Crippen LogP) is 2.49. The Labute approximate surface area is 157 Å². The van der Waals surface area contributed by atoms with E-state index in [-0.39, 0.29) is 36.9 Å². The number of benzene rings is 1. The van der Waals surface area contributed by atoms with Gasteiger partial charge in [-0.15, -0.1) is 0 Å². The maximum atomic E-state index is 11.8. The average molecular weight is 377 g/mol. The molecule has 0 saturated heterocycles. The van der Waals surface area contributed by atoms with Gasteiger partial charge in [0.15, 0.2) is 6.61 Å². The van der Waals surface area contributed by atoms with Crippen molar-refractivity contribution < 1.29 is 29.1 Å². The highest BCUT2D eigenvalue weighted by atomic mass is 16.6. The van der Waals surface area contributed by atoms with Crippen LogP contribution in [0.5, 0.6) is 0 Å². The molecule has 0 aliphatic rings. The van der Waals surface area contributed by atoms with Gasteiger partial charge in [-0.1, -0.05) is 11.8 Å². The van der Waals surface area contributed by atoms with E-state index in [0.717, 1.165) is 0 Å². The molecular weight excluding hydrogens is 354 g/mol. The number of nitrogens with zero attached hydrogens (tertiary/aromatic N) is 1. The first-order valence-electron chi connectivity index (χ1n) is 8.23. The molecule has 1 atom stereocenters. The number of aliphatic hydroxyl groups is 1. The molecule has 0 bridgehead atoms. The number of non-ortho nitro benzene ring substituents is 1. The van der Waals surface area contributed by atoms with Gasteiger partial charge in [-0.2, -0.15) is 0 Å². The highest BCUT2D eigenvalue weighted by molar-refractivity contribution is 5.89. The highest BCUT2D eigenvalue weighted by Gasteiger charge is 2.24. The quantitative estimate of drug-likeness (QED) is 0.350. The maximum Gasteiger partial charge on any atom is 0.339 e. The van der Waals surface area contributed by atoms with E-state index >= 15 is 0 Å². The zero-order valence-corrected chi connectivity index (χ0v) is 15.8. The monoisotopic (exact) mass is 377 g/mol.